The molecule has 2 aromatic heterocycles. The van der Waals surface area contributed by atoms with Gasteiger partial charge in [-0.15, -0.1) is 10.2 Å². The molecule has 1 aliphatic carbocycles. The summed E-state index contributed by atoms with van der Waals surface area (Å²) in [7, 11) is 1.95. The number of benzene rings is 1. The lowest BCUT2D eigenvalue weighted by molar-refractivity contribution is 0.0987. The quantitative estimate of drug-likeness (QED) is 0.544. The third kappa shape index (κ3) is 5.49. The number of nitrogens with zero attached hydrogens (tertiary/aromatic N) is 4. The molecule has 1 fully saturated rings. The summed E-state index contributed by atoms with van der Waals surface area (Å²) in [6, 6.07) is 12.3. The van der Waals surface area contributed by atoms with Gasteiger partial charge >= 0.3 is 0 Å². The summed E-state index contributed by atoms with van der Waals surface area (Å²) in [5, 5.41) is 18.0. The standard InChI is InChI=1S/C26H32N4O2/c1-17(9-26-29-27-16-30(26)3)22-6-4-5-19(12-22)15-25(32)24-14-21(10-18(2)28-24)11-20-7-8-23(31)13-20/h4-6,10,12,14,16-17,20,23,31H,7-9,11,13,15H2,1-3H3/t17-,20?,23+/m1/s1. The van der Waals surface area contributed by atoms with Gasteiger partial charge in [0.1, 0.15) is 17.8 Å². The summed E-state index contributed by atoms with van der Waals surface area (Å²) < 4.78 is 1.94. The van der Waals surface area contributed by atoms with Gasteiger partial charge in [0.05, 0.1) is 6.10 Å². The van der Waals surface area contributed by atoms with Crippen molar-refractivity contribution in [3.05, 3.63) is 76.6 Å². The highest BCUT2D eigenvalue weighted by Gasteiger charge is 2.23. The Kier molecular flexibility index (Phi) is 6.80. The molecular formula is C26H32N4O2. The fourth-order valence-corrected chi connectivity index (χ4v) is 4.74. The first-order chi connectivity index (χ1) is 15.4. The number of aliphatic hydroxyl groups excluding tert-OH is 1. The molecule has 0 radical (unpaired) electrons. The third-order valence-electron chi connectivity index (χ3n) is 6.52. The number of hydrogen-bond donors (Lipinski definition) is 1. The predicted octanol–water partition coefficient (Wildman–Crippen LogP) is 3.99. The van der Waals surface area contributed by atoms with Gasteiger partial charge in [-0.05, 0) is 73.3 Å². The molecule has 3 atom stereocenters. The monoisotopic (exact) mass is 432 g/mol. The maximum absolute atomic E-state index is 13.1. The van der Waals surface area contributed by atoms with Crippen molar-refractivity contribution < 1.29 is 9.90 Å². The van der Waals surface area contributed by atoms with Gasteiger partial charge in [0.2, 0.25) is 0 Å². The molecule has 3 aromatic rings. The highest BCUT2D eigenvalue weighted by molar-refractivity contribution is 5.96. The summed E-state index contributed by atoms with van der Waals surface area (Å²) in [5.41, 5.74) is 4.74. The van der Waals surface area contributed by atoms with Gasteiger partial charge < -0.3 is 9.67 Å². The minimum atomic E-state index is -0.174. The molecule has 1 aromatic carbocycles. The fraction of sp³-hybridized carbons (Fsp3) is 0.462. The second kappa shape index (κ2) is 9.74. The Bertz CT molecular complexity index is 1090. The van der Waals surface area contributed by atoms with Gasteiger partial charge in [-0.3, -0.25) is 4.79 Å². The van der Waals surface area contributed by atoms with Gasteiger partial charge in [0.15, 0.2) is 5.78 Å². The summed E-state index contributed by atoms with van der Waals surface area (Å²) in [6.45, 7) is 4.11. The van der Waals surface area contributed by atoms with Crippen LogP contribution in [0.5, 0.6) is 0 Å². The molecule has 0 saturated heterocycles. The van der Waals surface area contributed by atoms with Crippen molar-refractivity contribution in [2.45, 2.75) is 64.4 Å². The van der Waals surface area contributed by atoms with Crippen LogP contribution in [0, 0.1) is 12.8 Å². The number of aromatic nitrogens is 4. The summed E-state index contributed by atoms with van der Waals surface area (Å²) >= 11 is 0. The van der Waals surface area contributed by atoms with E-state index in [2.05, 4.69) is 40.3 Å². The predicted molar refractivity (Wildman–Crippen MR) is 124 cm³/mol. The maximum atomic E-state index is 13.1. The zero-order valence-electron chi connectivity index (χ0n) is 19.2. The van der Waals surface area contributed by atoms with Crippen LogP contribution >= 0.6 is 0 Å². The molecule has 1 unspecified atom stereocenters. The second-order valence-electron chi connectivity index (χ2n) is 9.35. The van der Waals surface area contributed by atoms with E-state index in [-0.39, 0.29) is 17.8 Å². The summed E-state index contributed by atoms with van der Waals surface area (Å²) in [5.74, 6) is 1.75. The van der Waals surface area contributed by atoms with Gasteiger partial charge in [-0.1, -0.05) is 31.2 Å². The van der Waals surface area contributed by atoms with Crippen LogP contribution in [0.3, 0.4) is 0 Å². The van der Waals surface area contributed by atoms with Crippen LogP contribution in [0.2, 0.25) is 0 Å². The number of carbonyl (C=O) groups excluding carboxylic acids is 1. The van der Waals surface area contributed by atoms with E-state index in [4.69, 9.17) is 0 Å². The number of Topliss-reactive ketones (excluding diaryl/α,β-unsaturated/α-hetero) is 1. The zero-order chi connectivity index (χ0) is 22.7. The number of carbonyl (C=O) groups is 1. The van der Waals surface area contributed by atoms with Gasteiger partial charge in [-0.2, -0.15) is 0 Å². The Morgan fingerprint density at radius 2 is 2.06 bits per heavy atom. The van der Waals surface area contributed by atoms with Crippen LogP contribution in [-0.4, -0.2) is 36.7 Å². The molecule has 0 amide bonds. The zero-order valence-corrected chi connectivity index (χ0v) is 19.2. The molecule has 6 heteroatoms. The molecule has 0 spiro atoms. The lowest BCUT2D eigenvalue weighted by Gasteiger charge is -2.13. The minimum absolute atomic E-state index is 0.0412. The van der Waals surface area contributed by atoms with Crippen LogP contribution in [0.25, 0.3) is 0 Å². The van der Waals surface area contributed by atoms with Gasteiger partial charge in [0.25, 0.3) is 0 Å². The van der Waals surface area contributed by atoms with E-state index in [0.717, 1.165) is 54.7 Å². The topological polar surface area (TPSA) is 80.9 Å². The lowest BCUT2D eigenvalue weighted by Crippen LogP contribution is -2.10. The van der Waals surface area contributed by atoms with Crippen LogP contribution in [0.1, 0.15) is 70.8 Å². The number of pyridine rings is 1. The third-order valence-corrected chi connectivity index (χ3v) is 6.52. The van der Waals surface area contributed by atoms with E-state index in [1.807, 2.05) is 36.7 Å². The first-order valence-corrected chi connectivity index (χ1v) is 11.5. The Labute approximate surface area is 189 Å². The van der Waals surface area contributed by atoms with Crippen LogP contribution in [0.15, 0.2) is 42.7 Å². The molecule has 1 aliphatic rings. The molecule has 1 N–H and O–H groups in total. The highest BCUT2D eigenvalue weighted by atomic mass is 16.3. The normalized spacial score (nSPS) is 19.2. The van der Waals surface area contributed by atoms with Gasteiger partial charge in [-0.25, -0.2) is 4.98 Å². The van der Waals surface area contributed by atoms with E-state index in [1.54, 1.807) is 6.33 Å². The number of hydrogen-bond acceptors (Lipinski definition) is 5. The summed E-state index contributed by atoms with van der Waals surface area (Å²) in [4.78, 5) is 17.6. The lowest BCUT2D eigenvalue weighted by atomic mass is 9.93. The first kappa shape index (κ1) is 22.3. The van der Waals surface area contributed by atoms with E-state index < -0.39 is 0 Å². The maximum Gasteiger partial charge on any atom is 0.185 e. The molecular weight excluding hydrogens is 400 g/mol. The van der Waals surface area contributed by atoms with Gasteiger partial charge in [0, 0.05) is 25.6 Å². The first-order valence-electron chi connectivity index (χ1n) is 11.5. The molecule has 0 bridgehead atoms. The van der Waals surface area contributed by atoms with Crippen molar-refractivity contribution >= 4 is 5.78 Å². The Morgan fingerprint density at radius 3 is 2.78 bits per heavy atom. The Morgan fingerprint density at radius 1 is 1.22 bits per heavy atom. The molecule has 0 aliphatic heterocycles. The number of aryl methyl sites for hydroxylation is 2. The Hall–Kier alpha value is -2.86. The van der Waals surface area contributed by atoms with Crippen molar-refractivity contribution in [1.82, 2.24) is 19.7 Å². The summed E-state index contributed by atoms with van der Waals surface area (Å²) in [6.07, 6.45) is 6.36. The highest BCUT2D eigenvalue weighted by Crippen LogP contribution is 2.29. The smallest absolute Gasteiger partial charge is 0.185 e. The molecule has 2 heterocycles. The second-order valence-corrected chi connectivity index (χ2v) is 9.35. The molecule has 168 valence electrons. The molecule has 1 saturated carbocycles. The number of ketones is 1. The average Bonchev–Trinajstić information content (AvgIpc) is 3.35. The van der Waals surface area contributed by atoms with Crippen molar-refractivity contribution in [3.63, 3.8) is 0 Å². The van der Waals surface area contributed by atoms with E-state index in [0.29, 0.717) is 18.0 Å². The van der Waals surface area contributed by atoms with Crippen molar-refractivity contribution in [2.75, 3.05) is 0 Å². The van der Waals surface area contributed by atoms with Crippen molar-refractivity contribution in [2.24, 2.45) is 13.0 Å². The van der Waals surface area contributed by atoms with Crippen LogP contribution < -0.4 is 0 Å². The van der Waals surface area contributed by atoms with E-state index in [9.17, 15) is 9.90 Å². The van der Waals surface area contributed by atoms with Crippen molar-refractivity contribution in [1.29, 1.82) is 0 Å². The average molecular weight is 433 g/mol. The van der Waals surface area contributed by atoms with Crippen LogP contribution in [-0.2, 0) is 26.3 Å². The molecule has 6 nitrogen and oxygen atoms in total. The number of rotatable bonds is 8. The molecule has 4 rings (SSSR count). The fourth-order valence-electron chi connectivity index (χ4n) is 4.74. The van der Waals surface area contributed by atoms with Crippen LogP contribution in [0.4, 0.5) is 0 Å². The largest absolute Gasteiger partial charge is 0.393 e. The minimum Gasteiger partial charge on any atom is -0.393 e. The molecule has 32 heavy (non-hydrogen) atoms. The SMILES string of the molecule is Cc1cc(CC2CC[C@H](O)C2)cc(C(=O)Cc2cccc([C@H](C)Cc3nncn3C)c2)n1. The van der Waals surface area contributed by atoms with E-state index in [1.165, 1.54) is 5.56 Å². The Balaban J connectivity index is 1.44. The number of aliphatic hydroxyl groups is 1. The van der Waals surface area contributed by atoms with E-state index >= 15 is 0 Å². The van der Waals surface area contributed by atoms with Crippen molar-refractivity contribution in [3.8, 4) is 0 Å².